The van der Waals surface area contributed by atoms with Crippen LogP contribution in [0.1, 0.15) is 23.3 Å². The first-order valence-electron chi connectivity index (χ1n) is 9.06. The fourth-order valence-electron chi connectivity index (χ4n) is 3.00. The molecule has 2 heterocycles. The van der Waals surface area contributed by atoms with Gasteiger partial charge >= 0.3 is 0 Å². The van der Waals surface area contributed by atoms with E-state index in [1.807, 2.05) is 66.9 Å². The molecule has 0 aliphatic heterocycles. The van der Waals surface area contributed by atoms with Crippen LogP contribution in [0.25, 0.3) is 22.2 Å². The zero-order valence-corrected chi connectivity index (χ0v) is 16.2. The largest absolute Gasteiger partial charge is 0.460 e. The molecule has 0 atom stereocenters. The number of hydrazone groups is 1. The summed E-state index contributed by atoms with van der Waals surface area (Å²) >= 11 is 1.47. The molecule has 2 aromatic heterocycles. The molecule has 1 amide bonds. The van der Waals surface area contributed by atoms with Crippen LogP contribution in [0.2, 0.25) is 0 Å². The quantitative estimate of drug-likeness (QED) is 0.380. The highest BCUT2D eigenvalue weighted by molar-refractivity contribution is 7.10. The Balaban J connectivity index is 1.42. The van der Waals surface area contributed by atoms with Crippen LogP contribution in [0.5, 0.6) is 0 Å². The zero-order valence-electron chi connectivity index (χ0n) is 15.4. The number of hydrogen-bond acceptors (Lipinski definition) is 5. The van der Waals surface area contributed by atoms with E-state index < -0.39 is 0 Å². The third kappa shape index (κ3) is 3.87. The summed E-state index contributed by atoms with van der Waals surface area (Å²) in [5.74, 6) is 0.655. The van der Waals surface area contributed by atoms with Crippen LogP contribution in [0.15, 0.2) is 69.5 Å². The van der Waals surface area contributed by atoms with Gasteiger partial charge in [0.25, 0.3) is 0 Å². The van der Waals surface area contributed by atoms with E-state index in [0.29, 0.717) is 0 Å². The number of amides is 1. The molecule has 0 radical (unpaired) electrons. The molecule has 0 saturated heterocycles. The van der Waals surface area contributed by atoms with Gasteiger partial charge in [-0.05, 0) is 6.07 Å². The van der Waals surface area contributed by atoms with Crippen molar-refractivity contribution in [1.29, 1.82) is 0 Å². The molecule has 4 rings (SSSR count). The molecule has 0 saturated carbocycles. The van der Waals surface area contributed by atoms with Crippen LogP contribution in [-0.2, 0) is 17.6 Å². The first-order valence-corrected chi connectivity index (χ1v) is 9.94. The number of para-hydroxylation sites is 1. The van der Waals surface area contributed by atoms with Gasteiger partial charge in [0.15, 0.2) is 0 Å². The van der Waals surface area contributed by atoms with Gasteiger partial charge in [0.1, 0.15) is 16.4 Å². The maximum atomic E-state index is 12.2. The molecular formula is C22H19N3O2S. The number of fused-ring (bicyclic) bond motifs is 1. The highest BCUT2D eigenvalue weighted by Gasteiger charge is 2.11. The summed E-state index contributed by atoms with van der Waals surface area (Å²) in [6.07, 6.45) is 2.60. The van der Waals surface area contributed by atoms with Gasteiger partial charge < -0.3 is 4.42 Å². The Bertz CT molecular complexity index is 1130. The Morgan fingerprint density at radius 2 is 1.96 bits per heavy atom. The van der Waals surface area contributed by atoms with E-state index in [4.69, 9.17) is 4.42 Å². The second-order valence-corrected chi connectivity index (χ2v) is 7.19. The number of nitrogens with one attached hydrogen (secondary N) is 1. The van der Waals surface area contributed by atoms with Gasteiger partial charge in [-0.1, -0.05) is 55.5 Å². The van der Waals surface area contributed by atoms with E-state index in [1.54, 1.807) is 6.21 Å². The molecule has 2 aromatic carbocycles. The topological polar surface area (TPSA) is 67.5 Å². The molecule has 0 aliphatic carbocycles. The normalized spacial score (nSPS) is 11.3. The summed E-state index contributed by atoms with van der Waals surface area (Å²) in [6, 6.07) is 17.7. The monoisotopic (exact) mass is 389 g/mol. The van der Waals surface area contributed by atoms with Crippen LogP contribution in [0.3, 0.4) is 0 Å². The number of aryl methyl sites for hydroxylation is 1. The van der Waals surface area contributed by atoms with E-state index in [-0.39, 0.29) is 12.3 Å². The molecule has 5 nitrogen and oxygen atoms in total. The van der Waals surface area contributed by atoms with Crippen LogP contribution >= 0.6 is 11.3 Å². The van der Waals surface area contributed by atoms with Crippen molar-refractivity contribution < 1.29 is 9.21 Å². The molecule has 6 heteroatoms. The van der Waals surface area contributed by atoms with Gasteiger partial charge in [0, 0.05) is 28.3 Å². The third-order valence-corrected chi connectivity index (χ3v) is 5.20. The van der Waals surface area contributed by atoms with Crippen LogP contribution in [0, 0.1) is 0 Å². The van der Waals surface area contributed by atoms with Crippen LogP contribution < -0.4 is 5.43 Å². The van der Waals surface area contributed by atoms with Gasteiger partial charge in [-0.3, -0.25) is 4.79 Å². The van der Waals surface area contributed by atoms with E-state index in [1.165, 1.54) is 11.3 Å². The zero-order chi connectivity index (χ0) is 19.3. The first-order chi connectivity index (χ1) is 13.7. The minimum absolute atomic E-state index is 0.196. The highest BCUT2D eigenvalue weighted by Crippen LogP contribution is 2.25. The summed E-state index contributed by atoms with van der Waals surface area (Å²) in [7, 11) is 0. The number of furan rings is 1. The Kier molecular flexibility index (Phi) is 5.30. The molecule has 4 aromatic rings. The molecule has 0 fully saturated rings. The standard InChI is InChI=1S/C22H19N3O2S/c1-2-19-17(16-10-6-7-11-20(16)27-19)13-23-25-21(26)12-22-24-18(14-28-22)15-8-4-3-5-9-15/h3-11,13-14H,2,12H2,1H3,(H,25,26)/b23-13-. The Labute approximate surface area is 166 Å². The van der Waals surface area contributed by atoms with Crippen LogP contribution in [0.4, 0.5) is 0 Å². The van der Waals surface area contributed by atoms with E-state index in [2.05, 4.69) is 15.5 Å². The van der Waals surface area contributed by atoms with Crippen molar-refractivity contribution in [2.75, 3.05) is 0 Å². The van der Waals surface area contributed by atoms with Crippen molar-refractivity contribution in [3.8, 4) is 11.3 Å². The summed E-state index contributed by atoms with van der Waals surface area (Å²) in [6.45, 7) is 2.03. The van der Waals surface area contributed by atoms with Gasteiger partial charge in [0.2, 0.25) is 5.91 Å². The van der Waals surface area contributed by atoms with Gasteiger partial charge in [-0.25, -0.2) is 10.4 Å². The molecule has 0 unspecified atom stereocenters. The van der Waals surface area contributed by atoms with Crippen molar-refractivity contribution in [3.63, 3.8) is 0 Å². The number of carbonyl (C=O) groups is 1. The van der Waals surface area contributed by atoms with Crippen molar-refractivity contribution >= 4 is 34.4 Å². The SMILES string of the molecule is CCc1oc2ccccc2c1/C=N\NC(=O)Cc1nc(-c2ccccc2)cs1. The summed E-state index contributed by atoms with van der Waals surface area (Å²) < 4.78 is 5.83. The average Bonchev–Trinajstić information content (AvgIpc) is 3.33. The summed E-state index contributed by atoms with van der Waals surface area (Å²) in [5, 5.41) is 7.84. The van der Waals surface area contributed by atoms with Gasteiger partial charge in [0.05, 0.1) is 18.3 Å². The second kappa shape index (κ2) is 8.19. The summed E-state index contributed by atoms with van der Waals surface area (Å²) in [4.78, 5) is 16.8. The maximum absolute atomic E-state index is 12.2. The fraction of sp³-hybridized carbons (Fsp3) is 0.136. The van der Waals surface area contributed by atoms with Crippen molar-refractivity contribution in [3.05, 3.63) is 76.3 Å². The van der Waals surface area contributed by atoms with E-state index in [9.17, 15) is 4.79 Å². The minimum Gasteiger partial charge on any atom is -0.460 e. The molecular weight excluding hydrogens is 370 g/mol. The third-order valence-electron chi connectivity index (χ3n) is 4.35. The molecule has 0 bridgehead atoms. The predicted octanol–water partition coefficient (Wildman–Crippen LogP) is 4.81. The molecule has 28 heavy (non-hydrogen) atoms. The van der Waals surface area contributed by atoms with Crippen molar-refractivity contribution in [2.45, 2.75) is 19.8 Å². The predicted molar refractivity (Wildman–Crippen MR) is 113 cm³/mol. The molecule has 1 N–H and O–H groups in total. The van der Waals surface area contributed by atoms with E-state index in [0.717, 1.165) is 45.0 Å². The number of rotatable bonds is 6. The summed E-state index contributed by atoms with van der Waals surface area (Å²) in [5.41, 5.74) is 6.24. The minimum atomic E-state index is -0.198. The number of carbonyl (C=O) groups excluding carboxylic acids is 1. The fourth-order valence-corrected chi connectivity index (χ4v) is 3.80. The number of hydrogen-bond donors (Lipinski definition) is 1. The number of aromatic nitrogens is 1. The lowest BCUT2D eigenvalue weighted by atomic mass is 10.1. The lowest BCUT2D eigenvalue weighted by Gasteiger charge is -1.98. The van der Waals surface area contributed by atoms with E-state index >= 15 is 0 Å². The van der Waals surface area contributed by atoms with Gasteiger partial charge in [-0.15, -0.1) is 11.3 Å². The number of benzene rings is 2. The molecule has 0 aliphatic rings. The molecule has 140 valence electrons. The van der Waals surface area contributed by atoms with Gasteiger partial charge in [-0.2, -0.15) is 5.10 Å². The Hall–Kier alpha value is -3.25. The van der Waals surface area contributed by atoms with Crippen molar-refractivity contribution in [2.24, 2.45) is 5.10 Å². The number of nitrogens with zero attached hydrogens (tertiary/aromatic N) is 2. The lowest BCUT2D eigenvalue weighted by molar-refractivity contribution is -0.120. The lowest BCUT2D eigenvalue weighted by Crippen LogP contribution is -2.19. The van der Waals surface area contributed by atoms with Crippen LogP contribution in [-0.4, -0.2) is 17.1 Å². The molecule has 0 spiro atoms. The average molecular weight is 389 g/mol. The Morgan fingerprint density at radius 3 is 2.79 bits per heavy atom. The maximum Gasteiger partial charge on any atom is 0.246 e. The second-order valence-electron chi connectivity index (χ2n) is 6.25. The first kappa shape index (κ1) is 18.1. The smallest absolute Gasteiger partial charge is 0.246 e. The number of thiazole rings is 1. The Morgan fingerprint density at radius 1 is 1.18 bits per heavy atom. The highest BCUT2D eigenvalue weighted by atomic mass is 32.1. The van der Waals surface area contributed by atoms with Crippen molar-refractivity contribution in [1.82, 2.24) is 10.4 Å².